The molecule has 3 atom stereocenters. The number of hydrogen-bond acceptors (Lipinski definition) is 9. The van der Waals surface area contributed by atoms with E-state index >= 15 is 0 Å². The van der Waals surface area contributed by atoms with Gasteiger partial charge >= 0.3 is 5.97 Å². The van der Waals surface area contributed by atoms with Crippen LogP contribution in [0.3, 0.4) is 0 Å². The van der Waals surface area contributed by atoms with Gasteiger partial charge in [-0.2, -0.15) is 0 Å². The molecule has 0 aliphatic heterocycles. The van der Waals surface area contributed by atoms with E-state index in [1.807, 2.05) is 88.4 Å². The second-order valence-corrected chi connectivity index (χ2v) is 17.6. The number of carbonyl (C=O) groups is 4. The molecule has 3 amide bonds. The van der Waals surface area contributed by atoms with Crippen LogP contribution in [0.5, 0.6) is 11.5 Å². The van der Waals surface area contributed by atoms with Crippen LogP contribution in [0.1, 0.15) is 92.9 Å². The Balaban J connectivity index is 0.00000748. The van der Waals surface area contributed by atoms with Crippen molar-refractivity contribution in [1.29, 1.82) is 0 Å². The lowest BCUT2D eigenvalue weighted by molar-refractivity contribution is -0.149. The van der Waals surface area contributed by atoms with Crippen molar-refractivity contribution in [2.24, 2.45) is 39.9 Å². The number of guanidine groups is 1. The highest BCUT2D eigenvalue weighted by Gasteiger charge is 2.31. The predicted molar refractivity (Wildman–Crippen MR) is 270 cm³/mol. The summed E-state index contributed by atoms with van der Waals surface area (Å²) in [6.07, 6.45) is 3.79. The molecule has 14 nitrogen and oxygen atoms in total. The van der Waals surface area contributed by atoms with Gasteiger partial charge in [0.2, 0.25) is 11.8 Å². The van der Waals surface area contributed by atoms with Crippen molar-refractivity contribution in [1.82, 2.24) is 16.0 Å². The maximum absolute atomic E-state index is 14.1. The maximum Gasteiger partial charge on any atom is 0.328 e. The third kappa shape index (κ3) is 18.2. The van der Waals surface area contributed by atoms with Gasteiger partial charge in [0.1, 0.15) is 29.6 Å². The van der Waals surface area contributed by atoms with E-state index in [1.54, 1.807) is 0 Å². The third-order valence-corrected chi connectivity index (χ3v) is 10.8. The molecule has 9 N–H and O–H groups in total. The van der Waals surface area contributed by atoms with Crippen molar-refractivity contribution >= 4 is 76.0 Å². The van der Waals surface area contributed by atoms with E-state index in [-0.39, 0.29) is 62.7 Å². The number of amides is 3. The molecule has 4 aromatic carbocycles. The Labute approximate surface area is 403 Å². The van der Waals surface area contributed by atoms with Gasteiger partial charge in [-0.25, -0.2) is 4.79 Å². The SMILES string of the molecule is CC(C)CCOC(=O)[C@@H](CC(C)C)NC(=O)[C@@H](CCCN=C(N)N)NC(=O)[C@H](CCCCN)NC(=O)COc1ccc2ccccc2c1-c1c(OCCC(C)C)ccc2ccccc12.Cl.Cl. The van der Waals surface area contributed by atoms with Crippen molar-refractivity contribution in [3.05, 3.63) is 72.8 Å². The number of unbranched alkanes of at least 4 members (excludes halogenated alkanes) is 1. The zero-order valence-corrected chi connectivity index (χ0v) is 41.1. The number of hydrogen-bond donors (Lipinski definition) is 6. The lowest BCUT2D eigenvalue weighted by Crippen LogP contribution is -2.56. The first-order valence-corrected chi connectivity index (χ1v) is 22.8. The largest absolute Gasteiger partial charge is 0.493 e. The minimum Gasteiger partial charge on any atom is -0.493 e. The number of ether oxygens (including phenoxy) is 3. The molecule has 4 aromatic rings. The molecule has 4 rings (SSSR count). The van der Waals surface area contributed by atoms with Gasteiger partial charge < -0.3 is 47.4 Å². The molecule has 66 heavy (non-hydrogen) atoms. The Hall–Kier alpha value is -5.31. The van der Waals surface area contributed by atoms with Gasteiger partial charge in [0.15, 0.2) is 12.6 Å². The van der Waals surface area contributed by atoms with Crippen molar-refractivity contribution in [2.75, 3.05) is 32.9 Å². The molecule has 0 unspecified atom stereocenters. The van der Waals surface area contributed by atoms with Gasteiger partial charge in [-0.05, 0) is 109 Å². The van der Waals surface area contributed by atoms with E-state index in [0.717, 1.165) is 39.1 Å². The molecule has 0 saturated heterocycles. The number of fused-ring (bicyclic) bond motifs is 2. The third-order valence-electron chi connectivity index (χ3n) is 10.8. The van der Waals surface area contributed by atoms with Crippen LogP contribution in [0.25, 0.3) is 32.7 Å². The van der Waals surface area contributed by atoms with Crippen LogP contribution in [-0.2, 0) is 23.9 Å². The summed E-state index contributed by atoms with van der Waals surface area (Å²) in [5.41, 5.74) is 18.5. The molecule has 0 spiro atoms. The minimum atomic E-state index is -1.08. The first kappa shape index (κ1) is 56.8. The Morgan fingerprint density at radius 3 is 1.65 bits per heavy atom. The summed E-state index contributed by atoms with van der Waals surface area (Å²) in [5.74, 6) is -0.281. The van der Waals surface area contributed by atoms with E-state index in [0.29, 0.717) is 68.6 Å². The molecule has 0 aliphatic rings. The molecule has 364 valence electrons. The fourth-order valence-corrected chi connectivity index (χ4v) is 7.30. The van der Waals surface area contributed by atoms with Crippen molar-refractivity contribution in [2.45, 2.75) is 111 Å². The van der Waals surface area contributed by atoms with E-state index in [9.17, 15) is 19.2 Å². The van der Waals surface area contributed by atoms with Crippen molar-refractivity contribution in [3.63, 3.8) is 0 Å². The van der Waals surface area contributed by atoms with E-state index in [2.05, 4.69) is 46.9 Å². The molecule has 0 radical (unpaired) electrons. The number of esters is 1. The molecule has 16 heteroatoms. The van der Waals surface area contributed by atoms with Gasteiger partial charge in [-0.3, -0.25) is 19.4 Å². The van der Waals surface area contributed by atoms with Crippen LogP contribution in [-0.4, -0.2) is 80.7 Å². The molecule has 0 fully saturated rings. The smallest absolute Gasteiger partial charge is 0.328 e. The summed E-state index contributed by atoms with van der Waals surface area (Å²) >= 11 is 0. The highest BCUT2D eigenvalue weighted by Crippen LogP contribution is 2.45. The van der Waals surface area contributed by atoms with Crippen molar-refractivity contribution < 1.29 is 33.4 Å². The Morgan fingerprint density at radius 2 is 1.11 bits per heavy atom. The molecule has 0 bridgehead atoms. The Morgan fingerprint density at radius 1 is 0.591 bits per heavy atom. The van der Waals surface area contributed by atoms with Gasteiger partial charge in [0.25, 0.3) is 5.91 Å². The molecular formula is C50H73Cl2N7O7. The fourth-order valence-electron chi connectivity index (χ4n) is 7.30. The van der Waals surface area contributed by atoms with Gasteiger partial charge in [-0.15, -0.1) is 24.8 Å². The maximum atomic E-state index is 14.1. The molecule has 0 saturated carbocycles. The molecule has 0 heterocycles. The van der Waals surface area contributed by atoms with E-state index in [4.69, 9.17) is 31.4 Å². The number of aliphatic imine (C=N–C) groups is 1. The van der Waals surface area contributed by atoms with E-state index < -0.39 is 48.4 Å². The zero-order chi connectivity index (χ0) is 46.6. The summed E-state index contributed by atoms with van der Waals surface area (Å²) in [7, 11) is 0. The number of halogens is 2. The molecule has 0 aliphatic carbocycles. The van der Waals surface area contributed by atoms with Gasteiger partial charge in [0.05, 0.1) is 13.2 Å². The number of carbonyl (C=O) groups excluding carboxylic acids is 4. The number of nitrogens with zero attached hydrogens (tertiary/aromatic N) is 1. The first-order valence-electron chi connectivity index (χ1n) is 22.8. The lowest BCUT2D eigenvalue weighted by atomic mass is 9.92. The Bertz CT molecular complexity index is 2180. The average molecular weight is 955 g/mol. The second kappa shape index (κ2) is 29.4. The molecule has 0 aromatic heterocycles. The summed E-state index contributed by atoms with van der Waals surface area (Å²) in [6.45, 7) is 13.2. The second-order valence-electron chi connectivity index (χ2n) is 17.6. The number of nitrogens with one attached hydrogen (secondary N) is 3. The number of benzene rings is 4. The van der Waals surface area contributed by atoms with Crippen LogP contribution >= 0.6 is 24.8 Å². The topological polar surface area (TPSA) is 222 Å². The quantitative estimate of drug-likeness (QED) is 0.0149. The first-order chi connectivity index (χ1) is 30.7. The van der Waals surface area contributed by atoms with Crippen LogP contribution in [0.4, 0.5) is 0 Å². The molecular weight excluding hydrogens is 881 g/mol. The minimum absolute atomic E-state index is 0. The van der Waals surface area contributed by atoms with Crippen LogP contribution in [0, 0.1) is 17.8 Å². The number of nitrogens with two attached hydrogens (primary N) is 3. The average Bonchev–Trinajstić information content (AvgIpc) is 3.25. The fraction of sp³-hybridized carbons (Fsp3) is 0.500. The van der Waals surface area contributed by atoms with E-state index in [1.165, 1.54) is 0 Å². The van der Waals surface area contributed by atoms with Crippen LogP contribution in [0.15, 0.2) is 77.8 Å². The van der Waals surface area contributed by atoms with Crippen molar-refractivity contribution in [3.8, 4) is 22.6 Å². The highest BCUT2D eigenvalue weighted by molar-refractivity contribution is 6.10. The highest BCUT2D eigenvalue weighted by atomic mass is 35.5. The van der Waals surface area contributed by atoms with Gasteiger partial charge in [-0.1, -0.05) is 102 Å². The summed E-state index contributed by atoms with van der Waals surface area (Å²) < 4.78 is 18.4. The number of rotatable bonds is 27. The Kier molecular flexibility index (Phi) is 25.3. The van der Waals surface area contributed by atoms with Gasteiger partial charge in [0, 0.05) is 17.7 Å². The van der Waals surface area contributed by atoms with Crippen LogP contribution < -0.4 is 42.6 Å². The zero-order valence-electron chi connectivity index (χ0n) is 39.4. The normalized spacial score (nSPS) is 12.4. The summed E-state index contributed by atoms with van der Waals surface area (Å²) in [5, 5.41) is 12.5. The lowest BCUT2D eigenvalue weighted by Gasteiger charge is -2.26. The monoisotopic (exact) mass is 953 g/mol. The van der Waals surface area contributed by atoms with Crippen LogP contribution in [0.2, 0.25) is 0 Å². The summed E-state index contributed by atoms with van der Waals surface area (Å²) in [4.78, 5) is 59.1. The predicted octanol–water partition coefficient (Wildman–Crippen LogP) is 7.58. The standard InChI is InChI=1S/C50H71N7O7.2ClH/c1-32(2)24-28-62-42-22-20-35-14-7-9-16-37(35)45(42)46-38-17-10-8-15-36(38)21-23-43(46)64-31-44(58)55-39(18-11-12-26-51)47(59)56-40(19-13-27-54-50(52)53)48(60)57-41(30-34(5)6)49(61)63-29-25-33(3)4;;/h7-10,14-17,20-23,32-34,39-41H,11-13,18-19,24-31,51H2,1-6H3,(H,55,58)(H,56,59)(H,57,60)(H4,52,53,54);2*1H/t39-,40+,41+;;/m0../s1. The summed E-state index contributed by atoms with van der Waals surface area (Å²) in [6, 6.07) is 20.9.